The average molecular weight is 476 g/mol. The van der Waals surface area contributed by atoms with E-state index in [2.05, 4.69) is 10.3 Å². The number of oxime groups is 2. The third-order valence-corrected chi connectivity index (χ3v) is 4.54. The summed E-state index contributed by atoms with van der Waals surface area (Å²) in [6.07, 6.45) is -3.51. The molecule has 2 aromatic rings. The van der Waals surface area contributed by atoms with E-state index < -0.39 is 37.4 Å². The molecule has 0 spiro atoms. The fourth-order valence-electron chi connectivity index (χ4n) is 2.62. The van der Waals surface area contributed by atoms with Gasteiger partial charge >= 0.3 is 11.9 Å². The Labute approximate surface area is 193 Å². The van der Waals surface area contributed by atoms with Gasteiger partial charge in [0.2, 0.25) is 0 Å². The third kappa shape index (κ3) is 8.07. The lowest BCUT2D eigenvalue weighted by Crippen LogP contribution is -2.37. The van der Waals surface area contributed by atoms with Crippen molar-refractivity contribution in [1.29, 1.82) is 0 Å². The summed E-state index contributed by atoms with van der Waals surface area (Å²) in [6, 6.07) is 11.6. The molecule has 2 unspecified atom stereocenters. The van der Waals surface area contributed by atoms with E-state index in [1.807, 2.05) is 0 Å². The van der Waals surface area contributed by atoms with Gasteiger partial charge in [0.25, 0.3) is 0 Å². The van der Waals surface area contributed by atoms with Crippen molar-refractivity contribution in [1.82, 2.24) is 0 Å². The number of carbonyl (C=O) groups is 2. The number of aliphatic hydroxyl groups excluding tert-OH is 2. The summed E-state index contributed by atoms with van der Waals surface area (Å²) in [4.78, 5) is 24.1. The molecule has 182 valence electrons. The molecular formula is C22H24N2O10. The van der Waals surface area contributed by atoms with Gasteiger partial charge in [-0.1, -0.05) is 34.6 Å². The van der Waals surface area contributed by atoms with Gasteiger partial charge in [-0.3, -0.25) is 0 Å². The van der Waals surface area contributed by atoms with Crippen molar-refractivity contribution in [3.05, 3.63) is 59.7 Å². The maximum atomic E-state index is 12.1. The van der Waals surface area contributed by atoms with Crippen molar-refractivity contribution in [2.75, 3.05) is 13.2 Å². The predicted molar refractivity (Wildman–Crippen MR) is 116 cm³/mol. The van der Waals surface area contributed by atoms with Crippen LogP contribution in [0.15, 0.2) is 58.8 Å². The lowest BCUT2D eigenvalue weighted by molar-refractivity contribution is -0.148. The Morgan fingerprint density at radius 1 is 0.676 bits per heavy atom. The number of carbonyl (C=O) groups excluding carboxylic acids is 2. The SMILES string of the molecule is O=C(OCC(O)C(O)COC(=O)C(Cc1ccc(O)cc1)=NO)C(Cc1ccc(O)cc1)=NO. The van der Waals surface area contributed by atoms with E-state index in [4.69, 9.17) is 19.9 Å². The van der Waals surface area contributed by atoms with Crippen LogP contribution in [0, 0.1) is 0 Å². The molecule has 2 atom stereocenters. The first-order valence-electron chi connectivity index (χ1n) is 9.91. The quantitative estimate of drug-likeness (QED) is 0.114. The van der Waals surface area contributed by atoms with Gasteiger partial charge in [-0.2, -0.15) is 0 Å². The highest BCUT2D eigenvalue weighted by Crippen LogP contribution is 2.12. The summed E-state index contributed by atoms with van der Waals surface area (Å²) >= 11 is 0. The van der Waals surface area contributed by atoms with Gasteiger partial charge in [-0.25, -0.2) is 9.59 Å². The Bertz CT molecular complexity index is 935. The summed E-state index contributed by atoms with van der Waals surface area (Å²) in [5.41, 5.74) is 0.334. The fraction of sp³-hybridized carbons (Fsp3) is 0.273. The molecule has 0 heterocycles. The van der Waals surface area contributed by atoms with Crippen LogP contribution in [0.2, 0.25) is 0 Å². The second-order valence-electron chi connectivity index (χ2n) is 7.11. The molecule has 0 aromatic heterocycles. The van der Waals surface area contributed by atoms with Crippen molar-refractivity contribution in [2.45, 2.75) is 25.0 Å². The highest BCUT2D eigenvalue weighted by atomic mass is 16.6. The van der Waals surface area contributed by atoms with Crippen molar-refractivity contribution >= 4 is 23.4 Å². The van der Waals surface area contributed by atoms with Gasteiger partial charge in [-0.05, 0) is 35.4 Å². The van der Waals surface area contributed by atoms with Gasteiger partial charge < -0.3 is 40.3 Å². The highest BCUT2D eigenvalue weighted by molar-refractivity contribution is 6.37. The molecule has 12 nitrogen and oxygen atoms in total. The first-order valence-corrected chi connectivity index (χ1v) is 9.91. The van der Waals surface area contributed by atoms with E-state index in [0.717, 1.165) is 0 Å². The normalized spacial score (nSPS) is 13.7. The zero-order chi connectivity index (χ0) is 25.1. The summed E-state index contributed by atoms with van der Waals surface area (Å²) in [6.45, 7) is -1.39. The molecule has 0 aliphatic carbocycles. The molecule has 0 amide bonds. The third-order valence-electron chi connectivity index (χ3n) is 4.54. The van der Waals surface area contributed by atoms with Crippen LogP contribution in [-0.2, 0) is 31.9 Å². The minimum atomic E-state index is -1.64. The molecule has 0 radical (unpaired) electrons. The topological polar surface area (TPSA) is 199 Å². The zero-order valence-electron chi connectivity index (χ0n) is 17.8. The molecule has 0 saturated carbocycles. The van der Waals surface area contributed by atoms with Gasteiger partial charge in [-0.15, -0.1) is 0 Å². The molecule has 12 heteroatoms. The molecule has 0 fully saturated rings. The van der Waals surface area contributed by atoms with Gasteiger partial charge in [0.15, 0.2) is 11.4 Å². The summed E-state index contributed by atoms with van der Waals surface area (Å²) in [5, 5.41) is 62.3. The van der Waals surface area contributed by atoms with Crippen LogP contribution in [-0.4, -0.2) is 79.6 Å². The van der Waals surface area contributed by atoms with Crippen LogP contribution >= 0.6 is 0 Å². The molecule has 0 aliphatic heterocycles. The van der Waals surface area contributed by atoms with Crippen LogP contribution in [0.25, 0.3) is 0 Å². The van der Waals surface area contributed by atoms with Gasteiger partial charge in [0.1, 0.15) is 36.9 Å². The molecule has 2 aromatic carbocycles. The first-order chi connectivity index (χ1) is 16.2. The number of nitrogens with zero attached hydrogens (tertiary/aromatic N) is 2. The van der Waals surface area contributed by atoms with Gasteiger partial charge in [0, 0.05) is 12.8 Å². The highest BCUT2D eigenvalue weighted by Gasteiger charge is 2.24. The number of aromatic hydroxyl groups is 2. The molecular weight excluding hydrogens is 452 g/mol. The Kier molecular flexibility index (Phi) is 9.80. The van der Waals surface area contributed by atoms with E-state index in [1.165, 1.54) is 48.5 Å². The van der Waals surface area contributed by atoms with E-state index in [-0.39, 0.29) is 35.8 Å². The number of esters is 2. The second-order valence-corrected chi connectivity index (χ2v) is 7.11. The maximum Gasteiger partial charge on any atom is 0.356 e. The standard InChI is InChI=1S/C22H24N2O10/c25-15-5-1-13(2-6-15)9-17(23-31)21(29)33-11-19(27)20(28)12-34-22(30)18(24-32)10-14-3-7-16(26)8-4-14/h1-8,19-20,25-28,31-32H,9-12H2. The number of rotatable bonds is 11. The van der Waals surface area contributed by atoms with Crippen molar-refractivity contribution in [2.24, 2.45) is 10.3 Å². The van der Waals surface area contributed by atoms with Crippen LogP contribution in [0.3, 0.4) is 0 Å². The molecule has 0 bridgehead atoms. The Morgan fingerprint density at radius 2 is 1.00 bits per heavy atom. The van der Waals surface area contributed by atoms with Crippen molar-refractivity contribution in [3.63, 3.8) is 0 Å². The monoisotopic (exact) mass is 476 g/mol. The number of phenols is 2. The summed E-state index contributed by atoms with van der Waals surface area (Å²) in [7, 11) is 0. The van der Waals surface area contributed by atoms with Crippen LogP contribution in [0.5, 0.6) is 11.5 Å². The number of benzene rings is 2. The minimum absolute atomic E-state index is 0.0179. The maximum absolute atomic E-state index is 12.1. The van der Waals surface area contributed by atoms with Crippen molar-refractivity contribution in [3.8, 4) is 11.5 Å². The predicted octanol–water partition coefficient (Wildman–Crippen LogP) is 0.352. The molecule has 0 saturated heterocycles. The number of hydrogen-bond donors (Lipinski definition) is 6. The number of hydrogen-bond acceptors (Lipinski definition) is 12. The number of aliphatic hydroxyl groups is 2. The van der Waals surface area contributed by atoms with Crippen LogP contribution in [0.1, 0.15) is 11.1 Å². The molecule has 6 N–H and O–H groups in total. The molecule has 2 rings (SSSR count). The van der Waals surface area contributed by atoms with Crippen LogP contribution in [0.4, 0.5) is 0 Å². The average Bonchev–Trinajstić information content (AvgIpc) is 2.84. The van der Waals surface area contributed by atoms with E-state index in [9.17, 15) is 30.0 Å². The van der Waals surface area contributed by atoms with E-state index >= 15 is 0 Å². The summed E-state index contributed by atoms with van der Waals surface area (Å²) < 4.78 is 9.65. The number of ether oxygens (including phenoxy) is 2. The van der Waals surface area contributed by atoms with Crippen LogP contribution < -0.4 is 0 Å². The Morgan fingerprint density at radius 3 is 1.29 bits per heavy atom. The Balaban J connectivity index is 1.80. The Hall–Kier alpha value is -4.16. The minimum Gasteiger partial charge on any atom is -0.508 e. The molecule has 0 aliphatic rings. The smallest absolute Gasteiger partial charge is 0.356 e. The second kappa shape index (κ2) is 12.8. The summed E-state index contributed by atoms with van der Waals surface area (Å²) in [5.74, 6) is -2.07. The van der Waals surface area contributed by atoms with E-state index in [1.54, 1.807) is 0 Å². The fourth-order valence-corrected chi connectivity index (χ4v) is 2.62. The lowest BCUT2D eigenvalue weighted by atomic mass is 10.1. The molecule has 34 heavy (non-hydrogen) atoms. The lowest BCUT2D eigenvalue weighted by Gasteiger charge is -2.18. The largest absolute Gasteiger partial charge is 0.508 e. The van der Waals surface area contributed by atoms with E-state index in [0.29, 0.717) is 11.1 Å². The van der Waals surface area contributed by atoms with Gasteiger partial charge in [0.05, 0.1) is 0 Å². The number of phenolic OH excluding ortho intramolecular Hbond substituents is 2. The zero-order valence-corrected chi connectivity index (χ0v) is 17.8. The first kappa shape index (κ1) is 26.1. The van der Waals surface area contributed by atoms with Crippen molar-refractivity contribution < 1.29 is 49.9 Å².